The van der Waals surface area contributed by atoms with Gasteiger partial charge in [-0.2, -0.15) is 4.98 Å². The van der Waals surface area contributed by atoms with Crippen LogP contribution in [0.15, 0.2) is 53.5 Å². The SMILES string of the molecule is CC.Cc1cccc2c1NCCN2c1cc2cnc3nc2n(c1=O)CCOCCN1CCc2ccc(cc21)N3. The molecule has 0 radical (unpaired) electrons. The zero-order chi connectivity index (χ0) is 26.9. The van der Waals surface area contributed by atoms with E-state index in [0.717, 1.165) is 54.1 Å². The van der Waals surface area contributed by atoms with Crippen LogP contribution in [0.5, 0.6) is 0 Å². The second-order valence-corrected chi connectivity index (χ2v) is 9.82. The van der Waals surface area contributed by atoms with Crippen LogP contribution in [0.25, 0.3) is 11.0 Å². The number of nitrogens with zero attached hydrogens (tertiary/aromatic N) is 5. The molecule has 3 aliphatic heterocycles. The number of para-hydroxylation sites is 1. The molecule has 0 atom stereocenters. The van der Waals surface area contributed by atoms with Gasteiger partial charge in [-0.25, -0.2) is 4.98 Å². The third kappa shape index (κ3) is 4.57. The maximum Gasteiger partial charge on any atom is 0.276 e. The molecule has 4 bridgehead atoms. The zero-order valence-electron chi connectivity index (χ0n) is 22.8. The summed E-state index contributed by atoms with van der Waals surface area (Å²) < 4.78 is 7.78. The number of aromatic nitrogens is 3. The molecule has 4 aromatic rings. The molecule has 9 nitrogen and oxygen atoms in total. The zero-order valence-corrected chi connectivity index (χ0v) is 22.8. The van der Waals surface area contributed by atoms with Crippen molar-refractivity contribution >= 4 is 45.4 Å². The molecule has 0 saturated carbocycles. The minimum absolute atomic E-state index is 0.0756. The molecule has 0 fully saturated rings. The molecule has 2 aromatic carbocycles. The number of rotatable bonds is 1. The Labute approximate surface area is 228 Å². The number of hydrogen-bond acceptors (Lipinski definition) is 8. The van der Waals surface area contributed by atoms with Crippen LogP contribution in [0.4, 0.5) is 34.4 Å². The molecule has 39 heavy (non-hydrogen) atoms. The van der Waals surface area contributed by atoms with Crippen molar-refractivity contribution in [1.29, 1.82) is 0 Å². The number of anilines is 6. The Morgan fingerprint density at radius 2 is 1.82 bits per heavy atom. The minimum atomic E-state index is -0.0756. The van der Waals surface area contributed by atoms with Gasteiger partial charge in [-0.15, -0.1) is 0 Å². The molecular weight excluding hydrogens is 490 g/mol. The lowest BCUT2D eigenvalue weighted by atomic mass is 10.1. The third-order valence-electron chi connectivity index (χ3n) is 7.58. The van der Waals surface area contributed by atoms with Crippen LogP contribution >= 0.6 is 0 Å². The van der Waals surface area contributed by atoms with E-state index in [1.807, 2.05) is 26.0 Å². The largest absolute Gasteiger partial charge is 0.381 e. The number of fused-ring (bicyclic) bond motifs is 3. The Kier molecular flexibility index (Phi) is 6.83. The van der Waals surface area contributed by atoms with E-state index in [1.165, 1.54) is 11.3 Å². The van der Waals surface area contributed by atoms with E-state index >= 15 is 0 Å². The second kappa shape index (κ2) is 10.6. The summed E-state index contributed by atoms with van der Waals surface area (Å²) in [6, 6.07) is 14.5. The molecule has 0 amide bonds. The average Bonchev–Trinajstić information content (AvgIpc) is 3.37. The van der Waals surface area contributed by atoms with Crippen molar-refractivity contribution in [3.05, 3.63) is 70.1 Å². The number of pyridine rings is 1. The first-order valence-corrected chi connectivity index (χ1v) is 13.9. The second-order valence-electron chi connectivity index (χ2n) is 9.82. The van der Waals surface area contributed by atoms with Gasteiger partial charge in [0.2, 0.25) is 5.95 Å². The highest BCUT2D eigenvalue weighted by atomic mass is 16.5. The predicted octanol–water partition coefficient (Wildman–Crippen LogP) is 4.83. The van der Waals surface area contributed by atoms with Crippen molar-refractivity contribution in [1.82, 2.24) is 14.5 Å². The highest BCUT2D eigenvalue weighted by Crippen LogP contribution is 2.36. The Morgan fingerprint density at radius 3 is 2.72 bits per heavy atom. The van der Waals surface area contributed by atoms with Gasteiger partial charge in [0.05, 0.1) is 31.1 Å². The van der Waals surface area contributed by atoms with Gasteiger partial charge in [0, 0.05) is 49.1 Å². The molecule has 5 heterocycles. The molecule has 0 saturated heterocycles. The van der Waals surface area contributed by atoms with Gasteiger partial charge < -0.3 is 25.2 Å². The lowest BCUT2D eigenvalue weighted by Crippen LogP contribution is -2.36. The average molecular weight is 526 g/mol. The Balaban J connectivity index is 0.00000135. The summed E-state index contributed by atoms with van der Waals surface area (Å²) in [7, 11) is 0. The van der Waals surface area contributed by atoms with E-state index < -0.39 is 0 Å². The van der Waals surface area contributed by atoms with Crippen molar-refractivity contribution < 1.29 is 4.74 Å². The van der Waals surface area contributed by atoms with Gasteiger partial charge in [0.25, 0.3) is 5.56 Å². The van der Waals surface area contributed by atoms with Crippen molar-refractivity contribution in [2.24, 2.45) is 0 Å². The fraction of sp³-hybridized carbons (Fsp3) is 0.367. The van der Waals surface area contributed by atoms with Crippen molar-refractivity contribution in [3.63, 3.8) is 0 Å². The van der Waals surface area contributed by atoms with E-state index in [9.17, 15) is 4.79 Å². The maximum atomic E-state index is 14.0. The summed E-state index contributed by atoms with van der Waals surface area (Å²) in [5.74, 6) is 0.471. The molecule has 0 unspecified atom stereocenters. The first-order chi connectivity index (χ1) is 19.2. The molecule has 9 heteroatoms. The molecule has 7 rings (SSSR count). The van der Waals surface area contributed by atoms with Gasteiger partial charge in [0.15, 0.2) is 0 Å². The highest BCUT2D eigenvalue weighted by molar-refractivity contribution is 5.85. The first kappa shape index (κ1) is 25.2. The van der Waals surface area contributed by atoms with Gasteiger partial charge in [-0.1, -0.05) is 32.0 Å². The molecule has 3 aliphatic rings. The molecule has 202 valence electrons. The van der Waals surface area contributed by atoms with E-state index in [1.54, 1.807) is 10.8 Å². The van der Waals surface area contributed by atoms with E-state index in [-0.39, 0.29) is 5.56 Å². The van der Waals surface area contributed by atoms with Gasteiger partial charge in [-0.3, -0.25) is 9.36 Å². The fourth-order valence-corrected chi connectivity index (χ4v) is 5.69. The smallest absolute Gasteiger partial charge is 0.276 e. The summed E-state index contributed by atoms with van der Waals surface area (Å²) in [6.07, 6.45) is 2.84. The van der Waals surface area contributed by atoms with Crippen LogP contribution in [0.2, 0.25) is 0 Å². The summed E-state index contributed by atoms with van der Waals surface area (Å²) in [5, 5.41) is 7.67. The Hall–Kier alpha value is -4.11. The van der Waals surface area contributed by atoms with E-state index in [4.69, 9.17) is 9.72 Å². The van der Waals surface area contributed by atoms with E-state index in [2.05, 4.69) is 62.7 Å². The fourth-order valence-electron chi connectivity index (χ4n) is 5.69. The lowest BCUT2D eigenvalue weighted by molar-refractivity contribution is 0.132. The number of aryl methyl sites for hydroxylation is 1. The van der Waals surface area contributed by atoms with Gasteiger partial charge in [0.1, 0.15) is 11.3 Å². The number of ether oxygens (including phenoxy) is 1. The topological polar surface area (TPSA) is 87.5 Å². The van der Waals surface area contributed by atoms with Crippen molar-refractivity contribution in [2.45, 2.75) is 33.7 Å². The van der Waals surface area contributed by atoms with Crippen molar-refractivity contribution in [3.8, 4) is 0 Å². The van der Waals surface area contributed by atoms with Crippen LogP contribution < -0.4 is 26.0 Å². The Morgan fingerprint density at radius 1 is 0.949 bits per heavy atom. The van der Waals surface area contributed by atoms with Crippen LogP contribution in [0.3, 0.4) is 0 Å². The monoisotopic (exact) mass is 525 g/mol. The number of benzene rings is 2. The summed E-state index contributed by atoms with van der Waals surface area (Å²) in [6.45, 7) is 10.8. The van der Waals surface area contributed by atoms with Crippen molar-refractivity contribution in [2.75, 3.05) is 59.8 Å². The lowest BCUT2D eigenvalue weighted by Gasteiger charge is -2.33. The normalized spacial score (nSPS) is 16.1. The van der Waals surface area contributed by atoms with E-state index in [0.29, 0.717) is 43.6 Å². The van der Waals surface area contributed by atoms with Crippen LogP contribution in [-0.4, -0.2) is 53.9 Å². The van der Waals surface area contributed by atoms with Crippen LogP contribution in [0.1, 0.15) is 25.0 Å². The molecule has 2 aromatic heterocycles. The van der Waals surface area contributed by atoms with Gasteiger partial charge >= 0.3 is 0 Å². The number of hydrogen-bond donors (Lipinski definition) is 2. The van der Waals surface area contributed by atoms with Crippen LogP contribution in [0, 0.1) is 6.92 Å². The van der Waals surface area contributed by atoms with Gasteiger partial charge in [-0.05, 0) is 48.7 Å². The summed E-state index contributed by atoms with van der Waals surface area (Å²) in [5.41, 5.74) is 7.92. The van der Waals surface area contributed by atoms with Crippen LogP contribution in [-0.2, 0) is 17.7 Å². The molecule has 0 aliphatic carbocycles. The summed E-state index contributed by atoms with van der Waals surface area (Å²) >= 11 is 0. The predicted molar refractivity (Wildman–Crippen MR) is 158 cm³/mol. The minimum Gasteiger partial charge on any atom is -0.381 e. The highest BCUT2D eigenvalue weighted by Gasteiger charge is 2.24. The third-order valence-corrected chi connectivity index (χ3v) is 7.58. The summed E-state index contributed by atoms with van der Waals surface area (Å²) in [4.78, 5) is 27.9. The maximum absolute atomic E-state index is 14.0. The molecule has 2 N–H and O–H groups in total. The molecule has 0 spiro atoms. The first-order valence-electron chi connectivity index (χ1n) is 13.9. The number of nitrogens with one attached hydrogen (secondary N) is 2. The Bertz CT molecular complexity index is 1580. The quantitative estimate of drug-likeness (QED) is 0.366. The molecular formula is C30H35N7O2. The standard InChI is InChI=1S/C28H29N7O2.C2H6/c1-18-3-2-4-22-25(18)29-8-10-34(22)24-15-20-17-30-28-31-21-6-5-19-7-9-33(23(19)16-21)11-13-37-14-12-35(27(24)36)26(20)32-28;1-2/h2-6,15-17,29H,7-14H2,1H3,(H,30,31,32);1-2H3.